The number of halogens is 4. The molecule has 3 aromatic carbocycles. The van der Waals surface area contributed by atoms with E-state index in [9.17, 15) is 22.4 Å². The van der Waals surface area contributed by atoms with Crippen LogP contribution in [0.15, 0.2) is 78.9 Å². The van der Waals surface area contributed by atoms with Crippen LogP contribution in [0.1, 0.15) is 21.7 Å². The summed E-state index contributed by atoms with van der Waals surface area (Å²) in [6, 6.07) is 21.5. The van der Waals surface area contributed by atoms with Gasteiger partial charge in [-0.15, -0.1) is 0 Å². The van der Waals surface area contributed by atoms with E-state index in [2.05, 4.69) is 15.0 Å². The van der Waals surface area contributed by atoms with Gasteiger partial charge in [-0.05, 0) is 40.6 Å². The Morgan fingerprint density at radius 2 is 1.56 bits per heavy atom. The van der Waals surface area contributed by atoms with Crippen LogP contribution in [0.5, 0.6) is 0 Å². The summed E-state index contributed by atoms with van der Waals surface area (Å²) in [5, 5.41) is 5.88. The lowest BCUT2D eigenvalue weighted by Crippen LogP contribution is -2.48. The zero-order valence-electron chi connectivity index (χ0n) is 20.7. The average Bonchev–Trinajstić information content (AvgIpc) is 3.37. The Hall–Kier alpha value is -4.31. The first-order chi connectivity index (χ1) is 18.7. The van der Waals surface area contributed by atoms with Crippen molar-refractivity contribution in [2.75, 3.05) is 26.2 Å². The van der Waals surface area contributed by atoms with Crippen LogP contribution in [0.2, 0.25) is 0 Å². The molecule has 6 nitrogen and oxygen atoms in total. The van der Waals surface area contributed by atoms with Crippen LogP contribution in [0.4, 0.5) is 17.6 Å². The SMILES string of the molecule is O=C(c1cc2nc(-c3ccc4ccccc4c3)cc(C(F)(F)F)n2n1)N1CCN(Cc2ccc(F)cc2)CC1. The van der Waals surface area contributed by atoms with Gasteiger partial charge < -0.3 is 4.90 Å². The van der Waals surface area contributed by atoms with Gasteiger partial charge in [0.15, 0.2) is 17.0 Å². The molecule has 0 saturated carbocycles. The zero-order chi connectivity index (χ0) is 27.1. The fraction of sp³-hybridized carbons (Fsp3) is 0.207. The number of carbonyl (C=O) groups is 1. The average molecular weight is 534 g/mol. The van der Waals surface area contributed by atoms with Crippen molar-refractivity contribution in [1.82, 2.24) is 24.4 Å². The van der Waals surface area contributed by atoms with Gasteiger partial charge in [-0.3, -0.25) is 9.69 Å². The van der Waals surface area contributed by atoms with Gasteiger partial charge in [0.1, 0.15) is 5.82 Å². The number of amides is 1. The van der Waals surface area contributed by atoms with Crippen LogP contribution in [-0.2, 0) is 12.7 Å². The van der Waals surface area contributed by atoms with Gasteiger partial charge in [0.25, 0.3) is 5.91 Å². The number of nitrogens with zero attached hydrogens (tertiary/aromatic N) is 5. The molecule has 5 aromatic rings. The van der Waals surface area contributed by atoms with Crippen molar-refractivity contribution in [2.24, 2.45) is 0 Å². The summed E-state index contributed by atoms with van der Waals surface area (Å²) < 4.78 is 56.1. The van der Waals surface area contributed by atoms with Gasteiger partial charge in [-0.2, -0.15) is 18.3 Å². The van der Waals surface area contributed by atoms with Gasteiger partial charge in [-0.1, -0.05) is 48.5 Å². The van der Waals surface area contributed by atoms with E-state index in [0.29, 0.717) is 42.8 Å². The predicted molar refractivity (Wildman–Crippen MR) is 139 cm³/mol. The van der Waals surface area contributed by atoms with E-state index in [1.54, 1.807) is 29.2 Å². The molecule has 0 radical (unpaired) electrons. The van der Waals surface area contributed by atoms with Crippen LogP contribution in [-0.4, -0.2) is 56.5 Å². The maximum Gasteiger partial charge on any atom is 0.433 e. The first-order valence-corrected chi connectivity index (χ1v) is 12.5. The number of hydrogen-bond donors (Lipinski definition) is 0. The number of piperazine rings is 1. The van der Waals surface area contributed by atoms with Crippen molar-refractivity contribution < 1.29 is 22.4 Å². The maximum atomic E-state index is 14.1. The Labute approximate surface area is 221 Å². The molecule has 1 aliphatic heterocycles. The van der Waals surface area contributed by atoms with Crippen LogP contribution in [0, 0.1) is 5.82 Å². The van der Waals surface area contributed by atoms with Crippen molar-refractivity contribution in [2.45, 2.75) is 12.7 Å². The molecule has 1 saturated heterocycles. The van der Waals surface area contributed by atoms with E-state index in [0.717, 1.165) is 22.4 Å². The number of hydrogen-bond acceptors (Lipinski definition) is 4. The fourth-order valence-electron chi connectivity index (χ4n) is 4.90. The molecule has 0 aliphatic carbocycles. The zero-order valence-corrected chi connectivity index (χ0v) is 20.7. The maximum absolute atomic E-state index is 14.1. The monoisotopic (exact) mass is 533 g/mol. The molecule has 0 N–H and O–H groups in total. The van der Waals surface area contributed by atoms with Crippen LogP contribution in [0.25, 0.3) is 27.7 Å². The third kappa shape index (κ3) is 5.07. The third-order valence-electron chi connectivity index (χ3n) is 6.96. The number of carbonyl (C=O) groups excluding carboxylic acids is 1. The van der Waals surface area contributed by atoms with Crippen molar-refractivity contribution >= 4 is 22.3 Å². The summed E-state index contributed by atoms with van der Waals surface area (Å²) in [4.78, 5) is 21.4. The number of alkyl halides is 3. The topological polar surface area (TPSA) is 53.7 Å². The molecule has 0 bridgehead atoms. The molecule has 0 spiro atoms. The molecule has 1 amide bonds. The largest absolute Gasteiger partial charge is 0.433 e. The minimum absolute atomic E-state index is 0.0497. The lowest BCUT2D eigenvalue weighted by Gasteiger charge is -2.34. The van der Waals surface area contributed by atoms with Gasteiger partial charge in [-0.25, -0.2) is 13.9 Å². The van der Waals surface area contributed by atoms with E-state index in [1.807, 2.05) is 30.3 Å². The Balaban J connectivity index is 1.26. The second-order valence-corrected chi connectivity index (χ2v) is 9.58. The second kappa shape index (κ2) is 9.77. The number of rotatable bonds is 4. The standard InChI is InChI=1S/C29H23F4N5O/c30-23-9-5-19(6-10-23)18-36-11-13-37(14-12-36)28(39)25-17-27-34-24(16-26(29(31,32)33)38(27)35-25)22-8-7-20-3-1-2-4-21(20)15-22/h1-10,15-17H,11-14,18H2. The molecule has 6 rings (SSSR count). The summed E-state index contributed by atoms with van der Waals surface area (Å²) >= 11 is 0. The van der Waals surface area contributed by atoms with E-state index in [1.165, 1.54) is 18.2 Å². The minimum Gasteiger partial charge on any atom is -0.335 e. The van der Waals surface area contributed by atoms with Crippen LogP contribution in [0.3, 0.4) is 0 Å². The highest BCUT2D eigenvalue weighted by Gasteiger charge is 2.36. The molecule has 1 aliphatic rings. The molecule has 39 heavy (non-hydrogen) atoms. The van der Waals surface area contributed by atoms with Crippen molar-refractivity contribution in [3.8, 4) is 11.3 Å². The number of aromatic nitrogens is 3. The van der Waals surface area contributed by atoms with E-state index < -0.39 is 17.8 Å². The number of fused-ring (bicyclic) bond motifs is 2. The van der Waals surface area contributed by atoms with Gasteiger partial charge in [0.2, 0.25) is 0 Å². The molecule has 1 fully saturated rings. The van der Waals surface area contributed by atoms with Crippen LogP contribution < -0.4 is 0 Å². The van der Waals surface area contributed by atoms with E-state index in [-0.39, 0.29) is 22.9 Å². The van der Waals surface area contributed by atoms with Crippen molar-refractivity contribution in [1.29, 1.82) is 0 Å². The molecule has 2 aromatic heterocycles. The first-order valence-electron chi connectivity index (χ1n) is 12.5. The smallest absolute Gasteiger partial charge is 0.335 e. The molecule has 198 valence electrons. The summed E-state index contributed by atoms with van der Waals surface area (Å²) in [5.74, 6) is -0.739. The van der Waals surface area contributed by atoms with Gasteiger partial charge in [0, 0.05) is 44.4 Å². The van der Waals surface area contributed by atoms with Crippen molar-refractivity contribution in [3.05, 3.63) is 102 Å². The van der Waals surface area contributed by atoms with Crippen LogP contribution >= 0.6 is 0 Å². The highest BCUT2D eigenvalue weighted by atomic mass is 19.4. The summed E-state index contributed by atoms with van der Waals surface area (Å²) in [5.41, 5.74) is 0.507. The second-order valence-electron chi connectivity index (χ2n) is 9.58. The molecular weight excluding hydrogens is 510 g/mol. The Bertz CT molecular complexity index is 1670. The number of benzene rings is 3. The fourth-order valence-corrected chi connectivity index (χ4v) is 4.90. The quantitative estimate of drug-likeness (QED) is 0.280. The predicted octanol–water partition coefficient (Wildman–Crippen LogP) is 5.67. The molecule has 0 unspecified atom stereocenters. The third-order valence-corrected chi connectivity index (χ3v) is 6.96. The lowest BCUT2D eigenvalue weighted by atomic mass is 10.0. The summed E-state index contributed by atoms with van der Waals surface area (Å²) in [6.45, 7) is 2.57. The Morgan fingerprint density at radius 1 is 0.846 bits per heavy atom. The van der Waals surface area contributed by atoms with Gasteiger partial charge >= 0.3 is 6.18 Å². The Morgan fingerprint density at radius 3 is 2.28 bits per heavy atom. The molecule has 3 heterocycles. The van der Waals surface area contributed by atoms with Crippen molar-refractivity contribution in [3.63, 3.8) is 0 Å². The normalized spacial score (nSPS) is 14.8. The molecule has 0 atom stereocenters. The Kier molecular flexibility index (Phi) is 6.26. The van der Waals surface area contributed by atoms with E-state index >= 15 is 0 Å². The van der Waals surface area contributed by atoms with E-state index in [4.69, 9.17) is 0 Å². The summed E-state index contributed by atoms with van der Waals surface area (Å²) in [6.07, 6.45) is -4.70. The summed E-state index contributed by atoms with van der Waals surface area (Å²) in [7, 11) is 0. The highest BCUT2D eigenvalue weighted by molar-refractivity contribution is 5.93. The minimum atomic E-state index is -4.70. The molecular formula is C29H23F4N5O. The highest BCUT2D eigenvalue weighted by Crippen LogP contribution is 2.33. The first kappa shape index (κ1) is 25.0. The lowest BCUT2D eigenvalue weighted by molar-refractivity contribution is -0.142. The molecule has 10 heteroatoms. The van der Waals surface area contributed by atoms with Gasteiger partial charge in [0.05, 0.1) is 5.69 Å².